The number of hydrogen-bond donors (Lipinski definition) is 0. The van der Waals surface area contributed by atoms with Gasteiger partial charge in [0.15, 0.2) is 0 Å². The summed E-state index contributed by atoms with van der Waals surface area (Å²) in [6, 6.07) is 0. The van der Waals surface area contributed by atoms with E-state index in [1.165, 1.54) is 11.5 Å². The quantitative estimate of drug-likeness (QED) is 0.819. The molecular formula is C9H13ClN2O2S. The number of halogens is 1. The fraction of sp³-hybridized carbons (Fsp3) is 0.778. The highest BCUT2D eigenvalue weighted by Crippen LogP contribution is 2.19. The normalized spacial score (nSPS) is 18.2. The molecule has 0 N–H and O–H groups in total. The zero-order chi connectivity index (χ0) is 10.5. The van der Waals surface area contributed by atoms with Gasteiger partial charge in [0.2, 0.25) is 0 Å². The SMILES string of the molecule is Clc1snnc1COCC1CCOCC1. The van der Waals surface area contributed by atoms with Crippen LogP contribution in [0, 0.1) is 5.92 Å². The molecule has 1 aliphatic heterocycles. The van der Waals surface area contributed by atoms with Crippen LogP contribution < -0.4 is 0 Å². The van der Waals surface area contributed by atoms with E-state index in [-0.39, 0.29) is 0 Å². The maximum atomic E-state index is 5.85. The molecule has 1 aliphatic rings. The van der Waals surface area contributed by atoms with Crippen LogP contribution in [0.25, 0.3) is 0 Å². The first kappa shape index (κ1) is 11.3. The van der Waals surface area contributed by atoms with Crippen molar-refractivity contribution in [3.05, 3.63) is 10.0 Å². The van der Waals surface area contributed by atoms with Crippen LogP contribution in [0.5, 0.6) is 0 Å². The zero-order valence-electron chi connectivity index (χ0n) is 8.32. The summed E-state index contributed by atoms with van der Waals surface area (Å²) in [6.07, 6.45) is 2.17. The summed E-state index contributed by atoms with van der Waals surface area (Å²) in [6.45, 7) is 2.93. The van der Waals surface area contributed by atoms with Crippen LogP contribution in [0.15, 0.2) is 0 Å². The van der Waals surface area contributed by atoms with Gasteiger partial charge in [-0.2, -0.15) is 0 Å². The molecule has 0 spiro atoms. The summed E-state index contributed by atoms with van der Waals surface area (Å²) in [5.74, 6) is 0.615. The van der Waals surface area contributed by atoms with Crippen LogP contribution in [0.3, 0.4) is 0 Å². The highest BCUT2D eigenvalue weighted by Gasteiger charge is 2.14. The lowest BCUT2D eigenvalue weighted by Gasteiger charge is -2.21. The van der Waals surface area contributed by atoms with E-state index >= 15 is 0 Å². The van der Waals surface area contributed by atoms with Gasteiger partial charge in [0.1, 0.15) is 10.0 Å². The highest BCUT2D eigenvalue weighted by molar-refractivity contribution is 7.10. The second kappa shape index (κ2) is 5.75. The summed E-state index contributed by atoms with van der Waals surface area (Å²) in [4.78, 5) is 0. The molecule has 0 bridgehead atoms. The van der Waals surface area contributed by atoms with E-state index in [0.29, 0.717) is 16.9 Å². The molecule has 1 saturated heterocycles. The Labute approximate surface area is 97.7 Å². The zero-order valence-corrected chi connectivity index (χ0v) is 9.89. The third-order valence-electron chi connectivity index (χ3n) is 2.44. The molecule has 0 aromatic carbocycles. The summed E-state index contributed by atoms with van der Waals surface area (Å²) >= 11 is 7.05. The Hall–Kier alpha value is -0.230. The van der Waals surface area contributed by atoms with Gasteiger partial charge < -0.3 is 9.47 Å². The molecule has 1 aromatic rings. The topological polar surface area (TPSA) is 44.2 Å². The van der Waals surface area contributed by atoms with Crippen LogP contribution in [0.4, 0.5) is 0 Å². The molecule has 0 aliphatic carbocycles. The Kier molecular flexibility index (Phi) is 4.31. The van der Waals surface area contributed by atoms with E-state index in [1.54, 1.807) is 0 Å². The van der Waals surface area contributed by atoms with Crippen molar-refractivity contribution in [2.75, 3.05) is 19.8 Å². The van der Waals surface area contributed by atoms with Crippen molar-refractivity contribution in [3.63, 3.8) is 0 Å². The molecule has 0 atom stereocenters. The summed E-state index contributed by atoms with van der Waals surface area (Å²) in [5.41, 5.74) is 0.744. The molecule has 2 heterocycles. The maximum absolute atomic E-state index is 5.85. The lowest BCUT2D eigenvalue weighted by molar-refractivity contribution is 0.0150. The number of hydrogen-bond acceptors (Lipinski definition) is 5. The van der Waals surface area contributed by atoms with E-state index in [0.717, 1.165) is 38.4 Å². The molecule has 1 fully saturated rings. The van der Waals surface area contributed by atoms with Gasteiger partial charge in [-0.3, -0.25) is 0 Å². The Morgan fingerprint density at radius 2 is 2.27 bits per heavy atom. The van der Waals surface area contributed by atoms with Crippen LogP contribution in [-0.4, -0.2) is 29.4 Å². The third-order valence-corrected chi connectivity index (χ3v) is 3.43. The van der Waals surface area contributed by atoms with Gasteiger partial charge in [-0.1, -0.05) is 16.1 Å². The molecule has 0 saturated carbocycles. The van der Waals surface area contributed by atoms with Crippen molar-refractivity contribution >= 4 is 23.1 Å². The lowest BCUT2D eigenvalue weighted by atomic mass is 10.0. The molecule has 0 unspecified atom stereocenters. The molecule has 15 heavy (non-hydrogen) atoms. The van der Waals surface area contributed by atoms with Crippen LogP contribution >= 0.6 is 23.1 Å². The second-order valence-corrected chi connectivity index (χ2v) is 4.92. The van der Waals surface area contributed by atoms with Crippen molar-refractivity contribution in [3.8, 4) is 0 Å². The van der Waals surface area contributed by atoms with Crippen molar-refractivity contribution in [1.29, 1.82) is 0 Å². The van der Waals surface area contributed by atoms with Crippen LogP contribution in [0.1, 0.15) is 18.5 Å². The van der Waals surface area contributed by atoms with E-state index in [2.05, 4.69) is 9.59 Å². The molecular weight excluding hydrogens is 236 g/mol. The predicted octanol–water partition coefficient (Wildman–Crippen LogP) is 2.13. The Balaban J connectivity index is 1.68. The molecule has 2 rings (SSSR count). The van der Waals surface area contributed by atoms with Crippen molar-refractivity contribution < 1.29 is 9.47 Å². The first-order valence-electron chi connectivity index (χ1n) is 4.98. The van der Waals surface area contributed by atoms with E-state index in [1.807, 2.05) is 0 Å². The average Bonchev–Trinajstić information content (AvgIpc) is 2.66. The largest absolute Gasteiger partial charge is 0.381 e. The Morgan fingerprint density at radius 3 is 2.93 bits per heavy atom. The third kappa shape index (κ3) is 3.38. The van der Waals surface area contributed by atoms with Gasteiger partial charge in [0.25, 0.3) is 0 Å². The fourth-order valence-corrected chi connectivity index (χ4v) is 2.12. The van der Waals surface area contributed by atoms with Crippen LogP contribution in [0.2, 0.25) is 4.34 Å². The minimum atomic E-state index is 0.465. The van der Waals surface area contributed by atoms with Gasteiger partial charge in [-0.05, 0) is 18.8 Å². The molecule has 0 amide bonds. The molecule has 1 aromatic heterocycles. The molecule has 0 radical (unpaired) electrons. The standard InChI is InChI=1S/C9H13ClN2O2S/c10-9-8(11-12-15-9)6-14-5-7-1-3-13-4-2-7/h7H,1-6H2. The first-order valence-corrected chi connectivity index (χ1v) is 6.13. The van der Waals surface area contributed by atoms with Gasteiger partial charge in [0.05, 0.1) is 13.2 Å². The van der Waals surface area contributed by atoms with Crippen molar-refractivity contribution in [1.82, 2.24) is 9.59 Å². The summed E-state index contributed by atoms with van der Waals surface area (Å²) < 4.78 is 15.2. The number of nitrogens with zero attached hydrogens (tertiary/aromatic N) is 2. The summed E-state index contributed by atoms with van der Waals surface area (Å²) in [7, 11) is 0. The minimum Gasteiger partial charge on any atom is -0.381 e. The van der Waals surface area contributed by atoms with E-state index in [4.69, 9.17) is 21.1 Å². The van der Waals surface area contributed by atoms with Gasteiger partial charge in [-0.15, -0.1) is 5.10 Å². The number of rotatable bonds is 4. The Bertz CT molecular complexity index is 302. The second-order valence-electron chi connectivity index (χ2n) is 3.56. The number of ether oxygens (including phenoxy) is 2. The van der Waals surface area contributed by atoms with Gasteiger partial charge in [0, 0.05) is 24.7 Å². The summed E-state index contributed by atoms with van der Waals surface area (Å²) in [5, 5.41) is 3.89. The van der Waals surface area contributed by atoms with Crippen LogP contribution in [-0.2, 0) is 16.1 Å². The number of aromatic nitrogens is 2. The maximum Gasteiger partial charge on any atom is 0.139 e. The van der Waals surface area contributed by atoms with Gasteiger partial charge >= 0.3 is 0 Å². The fourth-order valence-electron chi connectivity index (χ4n) is 1.52. The Morgan fingerprint density at radius 1 is 1.47 bits per heavy atom. The first-order chi connectivity index (χ1) is 7.36. The monoisotopic (exact) mass is 248 g/mol. The smallest absolute Gasteiger partial charge is 0.139 e. The minimum absolute atomic E-state index is 0.465. The molecule has 4 nitrogen and oxygen atoms in total. The van der Waals surface area contributed by atoms with E-state index in [9.17, 15) is 0 Å². The molecule has 6 heteroatoms. The lowest BCUT2D eigenvalue weighted by Crippen LogP contribution is -2.20. The van der Waals surface area contributed by atoms with Gasteiger partial charge in [-0.25, -0.2) is 0 Å². The molecule has 84 valence electrons. The average molecular weight is 249 g/mol. The van der Waals surface area contributed by atoms with Crippen molar-refractivity contribution in [2.24, 2.45) is 5.92 Å². The van der Waals surface area contributed by atoms with Crippen molar-refractivity contribution in [2.45, 2.75) is 19.4 Å². The highest BCUT2D eigenvalue weighted by atomic mass is 35.5. The predicted molar refractivity (Wildman–Crippen MR) is 58.1 cm³/mol. The van der Waals surface area contributed by atoms with E-state index < -0.39 is 0 Å².